The number of fused-ring (bicyclic) bond motifs is 2. The van der Waals surface area contributed by atoms with Crippen LogP contribution in [0.1, 0.15) is 15.9 Å². The maximum absolute atomic E-state index is 12.0. The molecule has 2 heterocycles. The number of carbonyl (C=O) groups excluding carboxylic acids is 2. The number of hydrogen-bond acceptors (Lipinski definition) is 6. The normalized spacial score (nSPS) is 27.2. The molecule has 24 heavy (non-hydrogen) atoms. The average Bonchev–Trinajstić information content (AvgIpc) is 2.96. The van der Waals surface area contributed by atoms with Gasteiger partial charge in [0.15, 0.2) is 19.3 Å². The number of nitrogens with two attached hydrogens (primary N) is 2. The van der Waals surface area contributed by atoms with Gasteiger partial charge in [0.25, 0.3) is 5.79 Å². The van der Waals surface area contributed by atoms with Crippen molar-refractivity contribution in [2.24, 2.45) is 17.4 Å². The van der Waals surface area contributed by atoms with Crippen molar-refractivity contribution in [3.05, 3.63) is 47.2 Å². The van der Waals surface area contributed by atoms with Crippen LogP contribution in [0, 0.1) is 5.92 Å². The van der Waals surface area contributed by atoms with E-state index in [1.807, 2.05) is 0 Å². The zero-order chi connectivity index (χ0) is 16.9. The Bertz CT molecular complexity index is 815. The average molecular weight is 330 g/mol. The Kier molecular flexibility index (Phi) is 3.12. The molecule has 124 valence electrons. The fourth-order valence-electron chi connectivity index (χ4n) is 3.17. The van der Waals surface area contributed by atoms with E-state index in [-0.39, 0.29) is 24.9 Å². The predicted octanol–water partition coefficient (Wildman–Crippen LogP) is 0.235. The van der Waals surface area contributed by atoms with E-state index in [2.05, 4.69) is 0 Å². The summed E-state index contributed by atoms with van der Waals surface area (Å²) in [7, 11) is 0. The highest BCUT2D eigenvalue weighted by Crippen LogP contribution is 2.48. The summed E-state index contributed by atoms with van der Waals surface area (Å²) in [5.74, 6) is -2.77. The van der Waals surface area contributed by atoms with E-state index in [0.717, 1.165) is 0 Å². The minimum atomic E-state index is -1.30. The van der Waals surface area contributed by atoms with Crippen LogP contribution in [0.2, 0.25) is 0 Å². The smallest absolute Gasteiger partial charge is 0.254 e. The van der Waals surface area contributed by atoms with E-state index in [0.29, 0.717) is 16.9 Å². The lowest BCUT2D eigenvalue weighted by atomic mass is 9.81. The summed E-state index contributed by atoms with van der Waals surface area (Å²) in [6, 6.07) is 4.83. The van der Waals surface area contributed by atoms with E-state index in [1.54, 1.807) is 30.4 Å². The van der Waals surface area contributed by atoms with Crippen LogP contribution in [0.5, 0.6) is 5.75 Å². The van der Waals surface area contributed by atoms with Crippen molar-refractivity contribution in [3.8, 4) is 5.75 Å². The molecule has 1 fully saturated rings. The minimum absolute atomic E-state index is 0.0667. The minimum Gasteiger partial charge on any atom is -0.467 e. The van der Waals surface area contributed by atoms with Crippen LogP contribution in [0.3, 0.4) is 0 Å². The molecule has 2 aliphatic heterocycles. The lowest BCUT2D eigenvalue weighted by Crippen LogP contribution is -2.40. The molecule has 2 atom stereocenters. The van der Waals surface area contributed by atoms with Crippen molar-refractivity contribution < 1.29 is 28.5 Å². The van der Waals surface area contributed by atoms with Crippen LogP contribution in [-0.4, -0.2) is 31.2 Å². The van der Waals surface area contributed by atoms with E-state index in [9.17, 15) is 9.59 Å². The third kappa shape index (κ3) is 1.93. The SMILES string of the molecule is NC(=O)c1cccc2c1C1=C3OCOC3(C=CC1C(N)=O)OCO2. The number of ether oxygens (including phenoxy) is 4. The first-order chi connectivity index (χ1) is 11.5. The van der Waals surface area contributed by atoms with Crippen molar-refractivity contribution in [2.75, 3.05) is 13.6 Å². The highest BCUT2D eigenvalue weighted by Gasteiger charge is 2.50. The maximum atomic E-state index is 12.0. The van der Waals surface area contributed by atoms with Crippen LogP contribution >= 0.6 is 0 Å². The van der Waals surface area contributed by atoms with Crippen LogP contribution < -0.4 is 16.2 Å². The van der Waals surface area contributed by atoms with Gasteiger partial charge in [-0.25, -0.2) is 0 Å². The summed E-state index contributed by atoms with van der Waals surface area (Å²) < 4.78 is 22.4. The molecule has 0 aromatic heterocycles. The van der Waals surface area contributed by atoms with Gasteiger partial charge in [0.1, 0.15) is 5.75 Å². The molecule has 0 spiro atoms. The van der Waals surface area contributed by atoms with Gasteiger partial charge in [-0.05, 0) is 18.2 Å². The highest BCUT2D eigenvalue weighted by atomic mass is 16.8. The largest absolute Gasteiger partial charge is 0.467 e. The van der Waals surface area contributed by atoms with Crippen LogP contribution in [0.15, 0.2) is 36.1 Å². The Morgan fingerprint density at radius 3 is 2.58 bits per heavy atom. The first-order valence-corrected chi connectivity index (χ1v) is 7.23. The molecule has 1 aromatic carbocycles. The van der Waals surface area contributed by atoms with Crippen molar-refractivity contribution in [2.45, 2.75) is 5.79 Å². The van der Waals surface area contributed by atoms with Gasteiger partial charge in [0.2, 0.25) is 11.8 Å². The monoisotopic (exact) mass is 330 g/mol. The van der Waals surface area contributed by atoms with Gasteiger partial charge >= 0.3 is 0 Å². The van der Waals surface area contributed by atoms with E-state index in [1.165, 1.54) is 0 Å². The molecule has 1 aliphatic carbocycles. The molecule has 2 unspecified atom stereocenters. The van der Waals surface area contributed by atoms with Crippen molar-refractivity contribution in [3.63, 3.8) is 0 Å². The Labute approximate surface area is 136 Å². The third-order valence-electron chi connectivity index (χ3n) is 4.21. The third-order valence-corrected chi connectivity index (χ3v) is 4.21. The fourth-order valence-corrected chi connectivity index (χ4v) is 3.17. The maximum Gasteiger partial charge on any atom is 0.254 e. The van der Waals surface area contributed by atoms with Crippen LogP contribution in [-0.2, 0) is 19.0 Å². The van der Waals surface area contributed by atoms with Crippen LogP contribution in [0.4, 0.5) is 0 Å². The number of hydrogen-bond donors (Lipinski definition) is 2. The Morgan fingerprint density at radius 1 is 1.12 bits per heavy atom. The number of carbonyl (C=O) groups is 2. The molecule has 3 aliphatic rings. The van der Waals surface area contributed by atoms with Gasteiger partial charge in [-0.2, -0.15) is 0 Å². The quantitative estimate of drug-likeness (QED) is 0.749. The zero-order valence-electron chi connectivity index (χ0n) is 12.5. The number of primary amides is 2. The summed E-state index contributed by atoms with van der Waals surface area (Å²) in [5.41, 5.74) is 12.0. The zero-order valence-corrected chi connectivity index (χ0v) is 12.5. The standard InChI is InChI=1S/C16H14N2O6/c17-14(19)8-2-1-3-10-11(8)12-9(15(18)20)4-5-16(23-6-21-10)13(12)22-7-24-16/h1-5,9H,6-7H2,(H2,17,19)(H2,18,20). The van der Waals surface area contributed by atoms with Crippen molar-refractivity contribution in [1.82, 2.24) is 0 Å². The van der Waals surface area contributed by atoms with Crippen molar-refractivity contribution in [1.29, 1.82) is 0 Å². The topological polar surface area (TPSA) is 123 Å². The molecule has 4 N–H and O–H groups in total. The second-order valence-corrected chi connectivity index (χ2v) is 5.51. The molecule has 0 saturated carbocycles. The molecule has 8 heteroatoms. The lowest BCUT2D eigenvalue weighted by molar-refractivity contribution is -0.190. The number of amides is 2. The molecular formula is C16H14N2O6. The lowest BCUT2D eigenvalue weighted by Gasteiger charge is -2.34. The summed E-state index contributed by atoms with van der Waals surface area (Å²) in [6.45, 7) is -0.205. The van der Waals surface area contributed by atoms with Gasteiger partial charge in [0.05, 0.1) is 11.5 Å². The molecule has 2 bridgehead atoms. The van der Waals surface area contributed by atoms with Gasteiger partial charge in [0, 0.05) is 11.1 Å². The Morgan fingerprint density at radius 2 is 1.88 bits per heavy atom. The predicted molar refractivity (Wildman–Crippen MR) is 80.1 cm³/mol. The molecule has 4 rings (SSSR count). The summed E-state index contributed by atoms with van der Waals surface area (Å²) >= 11 is 0. The first kappa shape index (κ1) is 14.7. The Balaban J connectivity index is 2.07. The Hall–Kier alpha value is -2.84. The second-order valence-electron chi connectivity index (χ2n) is 5.51. The highest BCUT2D eigenvalue weighted by molar-refractivity contribution is 6.04. The molecule has 0 radical (unpaired) electrons. The molecule has 1 saturated heterocycles. The first-order valence-electron chi connectivity index (χ1n) is 7.23. The second kappa shape index (κ2) is 5.08. The fraction of sp³-hybridized carbons (Fsp3) is 0.250. The van der Waals surface area contributed by atoms with E-state index in [4.69, 9.17) is 30.4 Å². The van der Waals surface area contributed by atoms with E-state index < -0.39 is 23.5 Å². The molecule has 2 amide bonds. The van der Waals surface area contributed by atoms with E-state index >= 15 is 0 Å². The van der Waals surface area contributed by atoms with Crippen LogP contribution in [0.25, 0.3) is 5.57 Å². The summed E-state index contributed by atoms with van der Waals surface area (Å²) in [5, 5.41) is 0. The van der Waals surface area contributed by atoms with Gasteiger partial charge in [-0.3, -0.25) is 9.59 Å². The van der Waals surface area contributed by atoms with Crippen molar-refractivity contribution >= 4 is 17.4 Å². The summed E-state index contributed by atoms with van der Waals surface area (Å²) in [4.78, 5) is 23.9. The molecule has 8 nitrogen and oxygen atoms in total. The molecule has 1 aromatic rings. The molecular weight excluding hydrogens is 316 g/mol. The number of benzene rings is 1. The van der Waals surface area contributed by atoms with Gasteiger partial charge in [-0.1, -0.05) is 12.1 Å². The van der Waals surface area contributed by atoms with Gasteiger partial charge in [-0.15, -0.1) is 0 Å². The summed E-state index contributed by atoms with van der Waals surface area (Å²) in [6.07, 6.45) is 3.14. The van der Waals surface area contributed by atoms with Gasteiger partial charge < -0.3 is 30.4 Å². The number of rotatable bonds is 2.